The van der Waals surface area contributed by atoms with Gasteiger partial charge in [0, 0.05) is 0 Å². The second-order valence-electron chi connectivity index (χ2n) is 4.55. The number of nitriles is 1. The van der Waals surface area contributed by atoms with Gasteiger partial charge in [-0.15, -0.1) is 0 Å². The molecule has 1 N–H and O–H groups in total. The van der Waals surface area contributed by atoms with E-state index < -0.39 is 0 Å². The number of aromatic hydroxyl groups is 1. The first-order valence-electron chi connectivity index (χ1n) is 5.88. The first-order chi connectivity index (χ1) is 8.60. The Morgan fingerprint density at radius 2 is 1.83 bits per heavy atom. The molecule has 2 heteroatoms. The van der Waals surface area contributed by atoms with E-state index in [0.29, 0.717) is 5.75 Å². The maximum atomic E-state index is 9.38. The van der Waals surface area contributed by atoms with E-state index in [1.807, 2.05) is 38.1 Å². The Labute approximate surface area is 107 Å². The van der Waals surface area contributed by atoms with Gasteiger partial charge in [-0.05, 0) is 60.7 Å². The van der Waals surface area contributed by atoms with Gasteiger partial charge < -0.3 is 5.11 Å². The fraction of sp³-hybridized carbons (Fsp3) is 0.188. The molecule has 2 aromatic rings. The molecule has 0 radical (unpaired) electrons. The molecule has 0 bridgehead atoms. The number of hydrogen-bond acceptors (Lipinski definition) is 2. The summed E-state index contributed by atoms with van der Waals surface area (Å²) in [4.78, 5) is 0. The second kappa shape index (κ2) is 4.93. The van der Waals surface area contributed by atoms with E-state index in [9.17, 15) is 5.11 Å². The molecule has 2 rings (SSSR count). The zero-order valence-electron chi connectivity index (χ0n) is 10.6. The molecule has 0 aliphatic heterocycles. The molecule has 90 valence electrons. The third-order valence-corrected chi connectivity index (χ3v) is 3.13. The van der Waals surface area contributed by atoms with Crippen molar-refractivity contribution in [2.75, 3.05) is 0 Å². The second-order valence-corrected chi connectivity index (χ2v) is 4.55. The molecule has 2 nitrogen and oxygen atoms in total. The largest absolute Gasteiger partial charge is 0.508 e. The van der Waals surface area contributed by atoms with Crippen LogP contribution in [0.15, 0.2) is 36.4 Å². The minimum Gasteiger partial charge on any atom is -0.508 e. The van der Waals surface area contributed by atoms with Gasteiger partial charge in [-0.25, -0.2) is 0 Å². The van der Waals surface area contributed by atoms with Gasteiger partial charge in [-0.3, -0.25) is 0 Å². The summed E-state index contributed by atoms with van der Waals surface area (Å²) in [6.07, 6.45) is 0.818. The monoisotopic (exact) mass is 237 g/mol. The number of aryl methyl sites for hydroxylation is 2. The van der Waals surface area contributed by atoms with Crippen molar-refractivity contribution in [3.8, 4) is 11.8 Å². The van der Waals surface area contributed by atoms with E-state index in [1.165, 1.54) is 11.1 Å². The standard InChI is InChI=1S/C16H15NO/c1-11-7-13(3-4-15(11)10-17)9-14-5-6-16(18)8-12(14)2/h3-8,18H,9H2,1-2H3. The van der Waals surface area contributed by atoms with Gasteiger partial charge in [0.25, 0.3) is 0 Å². The van der Waals surface area contributed by atoms with Crippen LogP contribution in [0.25, 0.3) is 0 Å². The number of benzene rings is 2. The molecule has 0 atom stereocenters. The highest BCUT2D eigenvalue weighted by molar-refractivity contribution is 5.42. The van der Waals surface area contributed by atoms with Crippen molar-refractivity contribution in [3.63, 3.8) is 0 Å². The number of nitrogens with zero attached hydrogens (tertiary/aromatic N) is 1. The Hall–Kier alpha value is -2.27. The minimum absolute atomic E-state index is 0.298. The summed E-state index contributed by atoms with van der Waals surface area (Å²) < 4.78 is 0. The molecular formula is C16H15NO. The molecular weight excluding hydrogens is 222 g/mol. The van der Waals surface area contributed by atoms with Crippen LogP contribution >= 0.6 is 0 Å². The normalized spacial score (nSPS) is 10.1. The number of phenolic OH excluding ortho intramolecular Hbond substituents is 1. The van der Waals surface area contributed by atoms with Crippen molar-refractivity contribution in [2.24, 2.45) is 0 Å². The summed E-state index contributed by atoms with van der Waals surface area (Å²) in [6.45, 7) is 3.94. The summed E-state index contributed by atoms with van der Waals surface area (Å²) >= 11 is 0. The lowest BCUT2D eigenvalue weighted by molar-refractivity contribution is 0.474. The fourth-order valence-electron chi connectivity index (χ4n) is 2.06. The summed E-state index contributed by atoms with van der Waals surface area (Å²) in [6, 6.07) is 13.5. The van der Waals surface area contributed by atoms with Gasteiger partial charge in [0.15, 0.2) is 0 Å². The fourth-order valence-corrected chi connectivity index (χ4v) is 2.06. The Bertz CT molecular complexity index is 623. The van der Waals surface area contributed by atoms with Crippen LogP contribution in [0.1, 0.15) is 27.8 Å². The van der Waals surface area contributed by atoms with E-state index in [1.54, 1.807) is 12.1 Å². The maximum Gasteiger partial charge on any atom is 0.115 e. The Morgan fingerprint density at radius 1 is 1.06 bits per heavy atom. The molecule has 0 unspecified atom stereocenters. The summed E-state index contributed by atoms with van der Waals surface area (Å²) in [5, 5.41) is 18.3. The maximum absolute atomic E-state index is 9.38. The van der Waals surface area contributed by atoms with Crippen molar-refractivity contribution in [2.45, 2.75) is 20.3 Å². The molecule has 0 fully saturated rings. The van der Waals surface area contributed by atoms with E-state index in [2.05, 4.69) is 6.07 Å². The predicted octanol–water partition coefficient (Wildman–Crippen LogP) is 3.47. The van der Waals surface area contributed by atoms with Gasteiger partial charge in [-0.1, -0.05) is 18.2 Å². The molecule has 0 heterocycles. The van der Waals surface area contributed by atoms with Gasteiger partial charge in [0.05, 0.1) is 11.6 Å². The summed E-state index contributed by atoms with van der Waals surface area (Å²) in [5.41, 5.74) is 5.18. The topological polar surface area (TPSA) is 44.0 Å². The quantitative estimate of drug-likeness (QED) is 0.869. The zero-order chi connectivity index (χ0) is 13.1. The van der Waals surface area contributed by atoms with Gasteiger partial charge in [0.2, 0.25) is 0 Å². The molecule has 0 aromatic heterocycles. The van der Waals surface area contributed by atoms with Crippen LogP contribution in [0.3, 0.4) is 0 Å². The third-order valence-electron chi connectivity index (χ3n) is 3.13. The molecule has 2 aromatic carbocycles. The van der Waals surface area contributed by atoms with Crippen molar-refractivity contribution in [3.05, 3.63) is 64.2 Å². The number of phenols is 1. The molecule has 0 aliphatic carbocycles. The number of rotatable bonds is 2. The summed E-state index contributed by atoms with van der Waals surface area (Å²) in [5.74, 6) is 0.298. The SMILES string of the molecule is Cc1cc(Cc2ccc(O)cc2C)ccc1C#N. The van der Waals surface area contributed by atoms with Gasteiger partial charge in [0.1, 0.15) is 5.75 Å². The van der Waals surface area contributed by atoms with Crippen molar-refractivity contribution in [1.82, 2.24) is 0 Å². The summed E-state index contributed by atoms with van der Waals surface area (Å²) in [7, 11) is 0. The van der Waals surface area contributed by atoms with Crippen LogP contribution in [0.2, 0.25) is 0 Å². The highest BCUT2D eigenvalue weighted by atomic mass is 16.3. The van der Waals surface area contributed by atoms with Crippen LogP contribution in [0.5, 0.6) is 5.75 Å². The van der Waals surface area contributed by atoms with E-state index in [0.717, 1.165) is 23.1 Å². The lowest BCUT2D eigenvalue weighted by Gasteiger charge is -2.08. The van der Waals surface area contributed by atoms with E-state index in [4.69, 9.17) is 5.26 Å². The van der Waals surface area contributed by atoms with Crippen LogP contribution in [0, 0.1) is 25.2 Å². The number of hydrogen-bond donors (Lipinski definition) is 1. The van der Waals surface area contributed by atoms with Crippen LogP contribution in [0.4, 0.5) is 0 Å². The predicted molar refractivity (Wildman–Crippen MR) is 71.5 cm³/mol. The Kier molecular flexibility index (Phi) is 3.34. The smallest absolute Gasteiger partial charge is 0.115 e. The van der Waals surface area contributed by atoms with Crippen molar-refractivity contribution < 1.29 is 5.11 Å². The highest BCUT2D eigenvalue weighted by Gasteiger charge is 2.03. The van der Waals surface area contributed by atoms with E-state index >= 15 is 0 Å². The average molecular weight is 237 g/mol. The highest BCUT2D eigenvalue weighted by Crippen LogP contribution is 2.20. The Morgan fingerprint density at radius 3 is 2.44 bits per heavy atom. The molecule has 0 spiro atoms. The van der Waals surface area contributed by atoms with Crippen LogP contribution in [-0.4, -0.2) is 5.11 Å². The molecule has 18 heavy (non-hydrogen) atoms. The molecule has 0 saturated heterocycles. The van der Waals surface area contributed by atoms with Crippen LogP contribution in [-0.2, 0) is 6.42 Å². The Balaban J connectivity index is 2.29. The van der Waals surface area contributed by atoms with Crippen molar-refractivity contribution in [1.29, 1.82) is 5.26 Å². The van der Waals surface area contributed by atoms with Gasteiger partial charge in [-0.2, -0.15) is 5.26 Å². The molecule has 0 aliphatic rings. The molecule has 0 saturated carbocycles. The zero-order valence-corrected chi connectivity index (χ0v) is 10.6. The van der Waals surface area contributed by atoms with Crippen molar-refractivity contribution >= 4 is 0 Å². The third kappa shape index (κ3) is 2.52. The van der Waals surface area contributed by atoms with Gasteiger partial charge >= 0.3 is 0 Å². The average Bonchev–Trinajstić information content (AvgIpc) is 2.33. The first-order valence-corrected chi connectivity index (χ1v) is 5.88. The lowest BCUT2D eigenvalue weighted by atomic mass is 9.97. The van der Waals surface area contributed by atoms with Crippen LogP contribution < -0.4 is 0 Å². The lowest BCUT2D eigenvalue weighted by Crippen LogP contribution is -1.93. The minimum atomic E-state index is 0.298. The first kappa shape index (κ1) is 12.2. The van der Waals surface area contributed by atoms with E-state index in [-0.39, 0.29) is 0 Å². The molecule has 0 amide bonds.